The summed E-state index contributed by atoms with van der Waals surface area (Å²) in [6.45, 7) is 6.95. The Kier molecular flexibility index (Phi) is 5.98. The number of nitro groups is 1. The number of nitrogens with one attached hydrogen (secondary N) is 1. The molecule has 1 aliphatic rings. The fourth-order valence-corrected chi connectivity index (χ4v) is 3.06. The van der Waals surface area contributed by atoms with Crippen molar-refractivity contribution in [1.82, 2.24) is 14.9 Å². The van der Waals surface area contributed by atoms with Gasteiger partial charge in [0.25, 0.3) is 0 Å². The lowest BCUT2D eigenvalue weighted by Gasteiger charge is -2.28. The highest BCUT2D eigenvalue weighted by atomic mass is 16.6. The lowest BCUT2D eigenvalue weighted by molar-refractivity contribution is -0.391. The Bertz CT molecular complexity index is 812. The molecule has 27 heavy (non-hydrogen) atoms. The van der Waals surface area contributed by atoms with Gasteiger partial charge in [-0.15, -0.1) is 0 Å². The van der Waals surface area contributed by atoms with Crippen LogP contribution in [0.25, 0.3) is 0 Å². The van der Waals surface area contributed by atoms with Crippen molar-refractivity contribution in [2.24, 2.45) is 7.05 Å². The Hall–Kier alpha value is -3.17. The third-order valence-corrected chi connectivity index (χ3v) is 4.20. The van der Waals surface area contributed by atoms with Crippen LogP contribution in [0.15, 0.2) is 28.7 Å². The topological polar surface area (TPSA) is 126 Å². The highest BCUT2D eigenvalue weighted by molar-refractivity contribution is 5.99. The van der Waals surface area contributed by atoms with Gasteiger partial charge in [0.15, 0.2) is 0 Å². The molecule has 0 spiro atoms. The second-order valence-electron chi connectivity index (χ2n) is 5.87. The summed E-state index contributed by atoms with van der Waals surface area (Å²) in [5.41, 5.74) is 1.28. The van der Waals surface area contributed by atoms with Gasteiger partial charge in [0.2, 0.25) is 5.82 Å². The maximum atomic E-state index is 12.6. The summed E-state index contributed by atoms with van der Waals surface area (Å²) in [7, 11) is 1.46. The molecule has 0 saturated carbocycles. The second kappa shape index (κ2) is 8.02. The van der Waals surface area contributed by atoms with E-state index in [1.54, 1.807) is 27.7 Å². The summed E-state index contributed by atoms with van der Waals surface area (Å²) in [6.07, 6.45) is 1.09. The molecule has 10 heteroatoms. The van der Waals surface area contributed by atoms with Crippen molar-refractivity contribution in [3.63, 3.8) is 0 Å². The summed E-state index contributed by atoms with van der Waals surface area (Å²) in [5, 5.41) is 14.2. The number of hydrogen-bond donors (Lipinski definition) is 1. The summed E-state index contributed by atoms with van der Waals surface area (Å²) < 4.78 is 11.5. The smallest absolute Gasteiger partial charge is 0.342 e. The van der Waals surface area contributed by atoms with E-state index < -0.39 is 22.8 Å². The molecule has 0 aliphatic carbocycles. The molecule has 0 unspecified atom stereocenters. The zero-order valence-electron chi connectivity index (χ0n) is 15.9. The third-order valence-electron chi connectivity index (χ3n) is 4.20. The normalized spacial score (nSPS) is 14.9. The van der Waals surface area contributed by atoms with Crippen LogP contribution in [0.1, 0.15) is 39.4 Å². The molecule has 0 aromatic carbocycles. The van der Waals surface area contributed by atoms with E-state index in [1.807, 2.05) is 0 Å². The van der Waals surface area contributed by atoms with E-state index in [0.29, 0.717) is 11.4 Å². The van der Waals surface area contributed by atoms with Crippen LogP contribution in [0.3, 0.4) is 0 Å². The molecule has 1 aromatic rings. The Morgan fingerprint density at radius 3 is 2.04 bits per heavy atom. The number of ether oxygens (including phenoxy) is 2. The number of esters is 2. The standard InChI is InChI=1S/C17H22N4O6/c1-6-26-16(22)12-9(3)19-10(4)13(17(23)27-7-2)14(12)15-18-8-11(20(15)5)21(24)25/h8,14,19H,6-7H2,1-5H3. The van der Waals surface area contributed by atoms with E-state index >= 15 is 0 Å². The lowest BCUT2D eigenvalue weighted by Crippen LogP contribution is -2.33. The largest absolute Gasteiger partial charge is 0.463 e. The van der Waals surface area contributed by atoms with Crippen LogP contribution in [-0.2, 0) is 26.1 Å². The van der Waals surface area contributed by atoms with E-state index in [-0.39, 0.29) is 36.0 Å². The van der Waals surface area contributed by atoms with Crippen LogP contribution in [-0.4, -0.2) is 39.6 Å². The molecule has 0 amide bonds. The molecule has 2 heterocycles. The van der Waals surface area contributed by atoms with Crippen molar-refractivity contribution in [2.45, 2.75) is 33.6 Å². The van der Waals surface area contributed by atoms with Crippen molar-refractivity contribution in [3.8, 4) is 0 Å². The van der Waals surface area contributed by atoms with Crippen molar-refractivity contribution in [3.05, 3.63) is 44.7 Å². The van der Waals surface area contributed by atoms with Gasteiger partial charge in [-0.25, -0.2) is 19.1 Å². The molecule has 1 aromatic heterocycles. The summed E-state index contributed by atoms with van der Waals surface area (Å²) in [6, 6.07) is 0. The number of rotatable bonds is 6. The fraction of sp³-hybridized carbons (Fsp3) is 0.471. The first-order valence-electron chi connectivity index (χ1n) is 8.43. The number of aromatic nitrogens is 2. The van der Waals surface area contributed by atoms with Crippen molar-refractivity contribution in [2.75, 3.05) is 13.2 Å². The van der Waals surface area contributed by atoms with Gasteiger partial charge in [-0.3, -0.25) is 0 Å². The van der Waals surface area contributed by atoms with E-state index in [1.165, 1.54) is 11.6 Å². The molecule has 146 valence electrons. The number of nitrogens with zero attached hydrogens (tertiary/aromatic N) is 3. The number of imidazole rings is 1. The highest BCUT2D eigenvalue weighted by Gasteiger charge is 2.42. The Balaban J connectivity index is 2.71. The van der Waals surface area contributed by atoms with Gasteiger partial charge >= 0.3 is 17.8 Å². The van der Waals surface area contributed by atoms with E-state index in [0.717, 1.165) is 6.20 Å². The molecule has 0 fully saturated rings. The average Bonchev–Trinajstić information content (AvgIpc) is 2.95. The van der Waals surface area contributed by atoms with E-state index in [9.17, 15) is 19.7 Å². The van der Waals surface area contributed by atoms with Gasteiger partial charge < -0.3 is 24.9 Å². The number of dihydropyridines is 1. The molecule has 0 atom stereocenters. The number of hydrogen-bond acceptors (Lipinski definition) is 8. The van der Waals surface area contributed by atoms with Crippen LogP contribution in [0, 0.1) is 10.1 Å². The van der Waals surface area contributed by atoms with Gasteiger partial charge in [0, 0.05) is 11.4 Å². The van der Waals surface area contributed by atoms with E-state index in [4.69, 9.17) is 9.47 Å². The number of allylic oxidation sites excluding steroid dienone is 2. The molecule has 2 rings (SSSR count). The summed E-state index contributed by atoms with van der Waals surface area (Å²) in [5.74, 6) is -2.30. The maximum Gasteiger partial charge on any atom is 0.342 e. The predicted octanol–water partition coefficient (Wildman–Crippen LogP) is 1.69. The van der Waals surface area contributed by atoms with Gasteiger partial charge in [0.05, 0.1) is 31.4 Å². The second-order valence-corrected chi connectivity index (χ2v) is 5.87. The average molecular weight is 378 g/mol. The zero-order chi connectivity index (χ0) is 20.3. The molecule has 10 nitrogen and oxygen atoms in total. The van der Waals surface area contributed by atoms with Gasteiger partial charge in [-0.05, 0) is 32.6 Å². The first-order valence-corrected chi connectivity index (χ1v) is 8.43. The molecule has 1 N–H and O–H groups in total. The van der Waals surface area contributed by atoms with Crippen molar-refractivity contribution >= 4 is 17.8 Å². The van der Waals surface area contributed by atoms with Crippen LogP contribution in [0.4, 0.5) is 5.82 Å². The summed E-state index contributed by atoms with van der Waals surface area (Å²) >= 11 is 0. The molecular formula is C17H22N4O6. The van der Waals surface area contributed by atoms with Crippen LogP contribution in [0.2, 0.25) is 0 Å². The zero-order valence-corrected chi connectivity index (χ0v) is 15.9. The SMILES string of the molecule is CCOC(=O)C1=C(C)NC(C)=C(C(=O)OCC)C1c1ncc([N+](=O)[O-])n1C. The molecule has 0 radical (unpaired) electrons. The first kappa shape index (κ1) is 20.1. The molecule has 0 saturated heterocycles. The third kappa shape index (κ3) is 3.69. The van der Waals surface area contributed by atoms with Crippen LogP contribution >= 0.6 is 0 Å². The Morgan fingerprint density at radius 1 is 1.19 bits per heavy atom. The number of carbonyl (C=O) groups excluding carboxylic acids is 2. The minimum absolute atomic E-state index is 0.139. The molecule has 0 bridgehead atoms. The first-order chi connectivity index (χ1) is 12.7. The monoisotopic (exact) mass is 378 g/mol. The Labute approximate surface area is 156 Å². The van der Waals surface area contributed by atoms with Crippen molar-refractivity contribution in [1.29, 1.82) is 0 Å². The lowest BCUT2D eigenvalue weighted by atomic mass is 9.84. The van der Waals surface area contributed by atoms with E-state index in [2.05, 4.69) is 10.3 Å². The van der Waals surface area contributed by atoms with Gasteiger partial charge in [-0.1, -0.05) is 0 Å². The van der Waals surface area contributed by atoms with Crippen LogP contribution in [0.5, 0.6) is 0 Å². The highest BCUT2D eigenvalue weighted by Crippen LogP contribution is 2.39. The number of carbonyl (C=O) groups is 2. The predicted molar refractivity (Wildman–Crippen MR) is 94.4 cm³/mol. The van der Waals surface area contributed by atoms with Gasteiger partial charge in [0.1, 0.15) is 12.1 Å². The summed E-state index contributed by atoms with van der Waals surface area (Å²) in [4.78, 5) is 40.0. The molecular weight excluding hydrogens is 356 g/mol. The minimum atomic E-state index is -0.956. The van der Waals surface area contributed by atoms with Crippen molar-refractivity contribution < 1.29 is 24.0 Å². The fourth-order valence-electron chi connectivity index (χ4n) is 3.06. The Morgan fingerprint density at radius 2 is 1.67 bits per heavy atom. The quantitative estimate of drug-likeness (QED) is 0.450. The molecule has 1 aliphatic heterocycles. The van der Waals surface area contributed by atoms with Gasteiger partial charge in [-0.2, -0.15) is 0 Å². The van der Waals surface area contributed by atoms with Crippen LogP contribution < -0.4 is 5.32 Å². The maximum absolute atomic E-state index is 12.6. The minimum Gasteiger partial charge on any atom is -0.463 e.